The van der Waals surface area contributed by atoms with Crippen molar-refractivity contribution in [1.82, 2.24) is 5.32 Å². The minimum Gasteiger partial charge on any atom is -0.387 e. The highest BCUT2D eigenvalue weighted by Crippen LogP contribution is 2.09. The highest BCUT2D eigenvalue weighted by Gasteiger charge is 2.22. The summed E-state index contributed by atoms with van der Waals surface area (Å²) in [6.07, 6.45) is 1.24. The Balaban J connectivity index is 1.95. The Kier molecular flexibility index (Phi) is 7.12. The fourth-order valence-corrected chi connectivity index (χ4v) is 2.54. The van der Waals surface area contributed by atoms with E-state index >= 15 is 0 Å². The first-order chi connectivity index (χ1) is 11.7. The molecular weight excluding hydrogens is 323 g/mol. The first-order valence-corrected chi connectivity index (χ1v) is 8.45. The lowest BCUT2D eigenvalue weighted by Gasteiger charge is -2.16. The van der Waals surface area contributed by atoms with Crippen molar-refractivity contribution in [2.75, 3.05) is 0 Å². The molecule has 0 saturated carbocycles. The van der Waals surface area contributed by atoms with Gasteiger partial charge in [0.2, 0.25) is 14.5 Å². The summed E-state index contributed by atoms with van der Waals surface area (Å²) in [6, 6.07) is 18.3. The van der Waals surface area contributed by atoms with Gasteiger partial charge in [-0.05, 0) is 17.5 Å². The maximum Gasteiger partial charge on any atom is 0.338 e. The molecule has 0 aliphatic heterocycles. The largest absolute Gasteiger partial charge is 0.387 e. The summed E-state index contributed by atoms with van der Waals surface area (Å²) in [5, 5.41) is 9.72. The molecule has 1 atom stereocenters. The number of amides is 1. The van der Waals surface area contributed by atoms with E-state index in [1.165, 1.54) is 0 Å². The molecule has 0 saturated heterocycles. The fraction of sp³-hybridized carbons (Fsp3) is 0.222. The zero-order valence-electron chi connectivity index (χ0n) is 13.1. The van der Waals surface area contributed by atoms with Gasteiger partial charge in [0.15, 0.2) is 0 Å². The number of hydrogen-bond donors (Lipinski definition) is 2. The van der Waals surface area contributed by atoms with Crippen molar-refractivity contribution >= 4 is 20.5 Å². The van der Waals surface area contributed by atoms with Crippen molar-refractivity contribution in [2.24, 2.45) is 0 Å². The molecule has 124 valence electrons. The number of aryl methyl sites for hydroxylation is 1. The van der Waals surface area contributed by atoms with Gasteiger partial charge in [0, 0.05) is 12.8 Å². The summed E-state index contributed by atoms with van der Waals surface area (Å²) in [7, 11) is -0.225. The van der Waals surface area contributed by atoms with Crippen LogP contribution in [0, 0.1) is 5.16 Å². The van der Waals surface area contributed by atoms with Crippen molar-refractivity contribution < 1.29 is 14.1 Å². The maximum atomic E-state index is 12.2. The molecule has 0 aliphatic rings. The normalized spacial score (nSPS) is 11.7. The Morgan fingerprint density at radius 1 is 1.00 bits per heavy atom. The summed E-state index contributed by atoms with van der Waals surface area (Å²) in [5.41, 5.74) is 1.99. The molecule has 0 radical (unpaired) electrons. The highest BCUT2D eigenvalue weighted by atomic mass is 31.1. The number of carbonyl (C=O) groups excluding carboxylic acids is 2. The van der Waals surface area contributed by atoms with E-state index in [9.17, 15) is 9.59 Å². The smallest absolute Gasteiger partial charge is 0.338 e. The first-order valence-electron chi connectivity index (χ1n) is 7.64. The second-order valence-electron chi connectivity index (χ2n) is 5.30. The molecule has 2 aromatic rings. The fourth-order valence-electron chi connectivity index (χ4n) is 2.32. The molecule has 0 aromatic heterocycles. The van der Waals surface area contributed by atoms with Gasteiger partial charge in [-0.3, -0.25) is 4.79 Å². The van der Waals surface area contributed by atoms with E-state index in [1.807, 2.05) is 60.7 Å². The standard InChI is InChI=1S/C18H19N2O3P/c19-24-23-18(22)16(13-15-9-5-2-6-10-15)20-17(21)12-11-14-7-3-1-4-8-14/h1-10,16,19H,11-13H2,(H,20,21)/t16-/m1/s1. The third kappa shape index (κ3) is 5.94. The first kappa shape index (κ1) is 17.8. The monoisotopic (exact) mass is 342 g/mol. The number of benzene rings is 2. The van der Waals surface area contributed by atoms with E-state index in [4.69, 9.17) is 9.69 Å². The highest BCUT2D eigenvalue weighted by molar-refractivity contribution is 7.19. The van der Waals surface area contributed by atoms with Crippen LogP contribution in [0.5, 0.6) is 0 Å². The summed E-state index contributed by atoms with van der Waals surface area (Å²) in [5.74, 6) is -0.804. The van der Waals surface area contributed by atoms with E-state index in [1.54, 1.807) is 0 Å². The maximum absolute atomic E-state index is 12.2. The summed E-state index contributed by atoms with van der Waals surface area (Å²) in [4.78, 5) is 24.2. The minimum absolute atomic E-state index is 0.210. The van der Waals surface area contributed by atoms with Crippen molar-refractivity contribution in [1.29, 1.82) is 5.16 Å². The van der Waals surface area contributed by atoms with Crippen molar-refractivity contribution in [3.05, 3.63) is 71.8 Å². The predicted molar refractivity (Wildman–Crippen MR) is 92.6 cm³/mol. The van der Waals surface area contributed by atoms with Crippen LogP contribution in [-0.4, -0.2) is 17.9 Å². The minimum atomic E-state index is -0.784. The molecule has 2 N–H and O–H groups in total. The number of carbonyl (C=O) groups is 2. The topological polar surface area (TPSA) is 79.2 Å². The molecule has 24 heavy (non-hydrogen) atoms. The lowest BCUT2D eigenvalue weighted by atomic mass is 10.1. The molecule has 1 amide bonds. The average molecular weight is 342 g/mol. The quantitative estimate of drug-likeness (QED) is 0.721. The zero-order chi connectivity index (χ0) is 17.2. The molecule has 2 aromatic carbocycles. The molecule has 0 spiro atoms. The molecule has 0 heterocycles. The molecule has 0 aliphatic carbocycles. The van der Waals surface area contributed by atoms with Gasteiger partial charge in [-0.2, -0.15) is 0 Å². The molecule has 2 rings (SSSR count). The van der Waals surface area contributed by atoms with Crippen molar-refractivity contribution in [2.45, 2.75) is 25.3 Å². The van der Waals surface area contributed by atoms with Crippen LogP contribution in [0.1, 0.15) is 17.5 Å². The van der Waals surface area contributed by atoms with Crippen LogP contribution in [-0.2, 0) is 27.0 Å². The Bertz CT molecular complexity index is 677. The van der Waals surface area contributed by atoms with Crippen LogP contribution < -0.4 is 5.32 Å². The Labute approximate surface area is 142 Å². The van der Waals surface area contributed by atoms with Gasteiger partial charge in [0.05, 0.1) is 0 Å². The third-order valence-corrected chi connectivity index (χ3v) is 3.79. The predicted octanol–water partition coefficient (Wildman–Crippen LogP) is 3.51. The van der Waals surface area contributed by atoms with Crippen LogP contribution >= 0.6 is 8.60 Å². The van der Waals surface area contributed by atoms with Gasteiger partial charge < -0.3 is 9.84 Å². The molecule has 0 bridgehead atoms. The van der Waals surface area contributed by atoms with E-state index < -0.39 is 12.0 Å². The molecule has 0 unspecified atom stereocenters. The summed E-state index contributed by atoms with van der Waals surface area (Å²) in [6.45, 7) is 0. The van der Waals surface area contributed by atoms with Crippen LogP contribution in [0.15, 0.2) is 60.7 Å². The summed E-state index contributed by atoms with van der Waals surface area (Å²) < 4.78 is 4.73. The summed E-state index contributed by atoms with van der Waals surface area (Å²) >= 11 is 0. The Morgan fingerprint density at radius 3 is 2.17 bits per heavy atom. The molecule has 5 nitrogen and oxygen atoms in total. The van der Waals surface area contributed by atoms with Crippen molar-refractivity contribution in [3.63, 3.8) is 0 Å². The van der Waals surface area contributed by atoms with Crippen LogP contribution in [0.3, 0.4) is 0 Å². The van der Waals surface area contributed by atoms with Crippen LogP contribution in [0.2, 0.25) is 0 Å². The lowest BCUT2D eigenvalue weighted by Crippen LogP contribution is -2.42. The van der Waals surface area contributed by atoms with E-state index in [0.29, 0.717) is 19.3 Å². The second kappa shape index (κ2) is 9.58. The number of nitrogens with one attached hydrogen (secondary N) is 2. The van der Waals surface area contributed by atoms with Crippen molar-refractivity contribution in [3.8, 4) is 0 Å². The van der Waals surface area contributed by atoms with Gasteiger partial charge >= 0.3 is 5.97 Å². The van der Waals surface area contributed by atoms with Gasteiger partial charge in [0.1, 0.15) is 6.04 Å². The van der Waals surface area contributed by atoms with Gasteiger partial charge in [-0.1, -0.05) is 60.7 Å². The zero-order valence-corrected chi connectivity index (χ0v) is 14.0. The van der Waals surface area contributed by atoms with Gasteiger partial charge in [-0.25, -0.2) is 9.96 Å². The van der Waals surface area contributed by atoms with Gasteiger partial charge in [0.25, 0.3) is 0 Å². The third-order valence-electron chi connectivity index (χ3n) is 3.52. The SMILES string of the molecule is N=POC(=O)[C@@H](Cc1ccccc1)NC(=O)CCc1ccccc1. The Morgan fingerprint density at radius 2 is 1.58 bits per heavy atom. The van der Waals surface area contributed by atoms with E-state index in [2.05, 4.69) is 5.32 Å². The second-order valence-corrected chi connectivity index (χ2v) is 5.66. The lowest BCUT2D eigenvalue weighted by molar-refractivity contribution is -0.138. The van der Waals surface area contributed by atoms with E-state index in [-0.39, 0.29) is 14.5 Å². The number of rotatable bonds is 8. The average Bonchev–Trinajstić information content (AvgIpc) is 2.61. The van der Waals surface area contributed by atoms with E-state index in [0.717, 1.165) is 11.1 Å². The Hall–Kier alpha value is -2.52. The molecule has 0 fully saturated rings. The number of hydrogen-bond acceptors (Lipinski definition) is 4. The van der Waals surface area contributed by atoms with Gasteiger partial charge in [-0.15, -0.1) is 0 Å². The molecule has 6 heteroatoms. The molecular formula is C18H19N2O3P. The van der Waals surface area contributed by atoms with Crippen LogP contribution in [0.4, 0.5) is 0 Å². The van der Waals surface area contributed by atoms with Crippen LogP contribution in [0.25, 0.3) is 0 Å².